The van der Waals surface area contributed by atoms with Crippen LogP contribution in [0.15, 0.2) is 30.5 Å². The van der Waals surface area contributed by atoms with Crippen molar-refractivity contribution in [2.24, 2.45) is 5.73 Å². The lowest BCUT2D eigenvalue weighted by atomic mass is 10.1. The fraction of sp³-hybridized carbons (Fsp3) is 0.308. The van der Waals surface area contributed by atoms with E-state index < -0.39 is 0 Å². The number of hydrogen-bond acceptors (Lipinski definition) is 3. The standard InChI is InChI=1S/C13H17FN4/c14-11-5-2-1-4-10(11)8-12-13(9-17-18-12)16-7-3-6-15/h1-2,4-5,9,16H,3,6-8,15H2,(H,17,18). The molecular formula is C13H17FN4. The molecule has 4 N–H and O–H groups in total. The maximum Gasteiger partial charge on any atom is 0.126 e. The number of nitrogens with two attached hydrogens (primary N) is 1. The molecule has 0 unspecified atom stereocenters. The van der Waals surface area contributed by atoms with Crippen molar-refractivity contribution in [1.29, 1.82) is 0 Å². The second-order valence-electron chi connectivity index (χ2n) is 4.10. The lowest BCUT2D eigenvalue weighted by Gasteiger charge is -2.06. The predicted molar refractivity (Wildman–Crippen MR) is 70.0 cm³/mol. The average molecular weight is 248 g/mol. The van der Waals surface area contributed by atoms with E-state index in [1.165, 1.54) is 6.07 Å². The van der Waals surface area contributed by atoms with Gasteiger partial charge in [0, 0.05) is 13.0 Å². The van der Waals surface area contributed by atoms with Gasteiger partial charge in [0.15, 0.2) is 0 Å². The molecule has 0 bridgehead atoms. The molecule has 0 atom stereocenters. The Labute approximate surface area is 105 Å². The second kappa shape index (κ2) is 6.16. The van der Waals surface area contributed by atoms with Gasteiger partial charge in [0.25, 0.3) is 0 Å². The lowest BCUT2D eigenvalue weighted by Crippen LogP contribution is -2.09. The molecule has 0 fully saturated rings. The topological polar surface area (TPSA) is 66.7 Å². The molecule has 18 heavy (non-hydrogen) atoms. The van der Waals surface area contributed by atoms with Crippen LogP contribution in [0.3, 0.4) is 0 Å². The summed E-state index contributed by atoms with van der Waals surface area (Å²) in [5, 5.41) is 10.1. The van der Waals surface area contributed by atoms with E-state index >= 15 is 0 Å². The quantitative estimate of drug-likeness (QED) is 0.684. The summed E-state index contributed by atoms with van der Waals surface area (Å²) in [5.74, 6) is -0.194. The van der Waals surface area contributed by atoms with Gasteiger partial charge in [0.1, 0.15) is 5.82 Å². The van der Waals surface area contributed by atoms with Crippen molar-refractivity contribution in [2.45, 2.75) is 12.8 Å². The second-order valence-corrected chi connectivity index (χ2v) is 4.10. The summed E-state index contributed by atoms with van der Waals surface area (Å²) in [5.41, 5.74) is 7.89. The van der Waals surface area contributed by atoms with Crippen molar-refractivity contribution < 1.29 is 4.39 Å². The molecule has 0 aliphatic heterocycles. The molecule has 1 aromatic heterocycles. The molecule has 1 aromatic carbocycles. The van der Waals surface area contributed by atoms with Gasteiger partial charge in [-0.3, -0.25) is 5.10 Å². The molecule has 1 heterocycles. The Balaban J connectivity index is 2.05. The Morgan fingerprint density at radius 1 is 1.33 bits per heavy atom. The smallest absolute Gasteiger partial charge is 0.126 e. The van der Waals surface area contributed by atoms with Crippen LogP contribution in [0.25, 0.3) is 0 Å². The summed E-state index contributed by atoms with van der Waals surface area (Å²) < 4.78 is 13.5. The first-order valence-electron chi connectivity index (χ1n) is 6.01. The molecule has 4 nitrogen and oxygen atoms in total. The van der Waals surface area contributed by atoms with Crippen LogP contribution in [0.5, 0.6) is 0 Å². The summed E-state index contributed by atoms with van der Waals surface area (Å²) in [6.45, 7) is 1.44. The Morgan fingerprint density at radius 2 is 2.17 bits per heavy atom. The molecule has 0 saturated carbocycles. The fourth-order valence-electron chi connectivity index (χ4n) is 1.76. The number of H-pyrrole nitrogens is 1. The number of anilines is 1. The van der Waals surface area contributed by atoms with Crippen LogP contribution in [0.4, 0.5) is 10.1 Å². The van der Waals surface area contributed by atoms with E-state index in [-0.39, 0.29) is 5.82 Å². The highest BCUT2D eigenvalue weighted by Crippen LogP contribution is 2.18. The number of hydrogen-bond donors (Lipinski definition) is 3. The highest BCUT2D eigenvalue weighted by Gasteiger charge is 2.08. The molecule has 0 radical (unpaired) electrons. The van der Waals surface area contributed by atoms with Crippen LogP contribution in [-0.4, -0.2) is 23.3 Å². The Morgan fingerprint density at radius 3 is 2.94 bits per heavy atom. The van der Waals surface area contributed by atoms with Gasteiger partial charge < -0.3 is 11.1 Å². The van der Waals surface area contributed by atoms with E-state index in [9.17, 15) is 4.39 Å². The minimum absolute atomic E-state index is 0.194. The first-order valence-corrected chi connectivity index (χ1v) is 6.01. The zero-order valence-corrected chi connectivity index (χ0v) is 10.1. The van der Waals surface area contributed by atoms with E-state index in [0.717, 1.165) is 24.3 Å². The molecule has 0 spiro atoms. The number of aromatic nitrogens is 2. The maximum atomic E-state index is 13.5. The molecule has 2 aromatic rings. The van der Waals surface area contributed by atoms with Crippen LogP contribution < -0.4 is 11.1 Å². The molecule has 96 valence electrons. The van der Waals surface area contributed by atoms with Crippen LogP contribution in [0, 0.1) is 5.82 Å². The molecule has 0 aliphatic rings. The van der Waals surface area contributed by atoms with E-state index in [0.29, 0.717) is 18.5 Å². The normalized spacial score (nSPS) is 10.6. The fourth-order valence-corrected chi connectivity index (χ4v) is 1.76. The van der Waals surface area contributed by atoms with Crippen molar-refractivity contribution in [3.8, 4) is 0 Å². The van der Waals surface area contributed by atoms with Crippen molar-refractivity contribution in [1.82, 2.24) is 10.2 Å². The average Bonchev–Trinajstić information content (AvgIpc) is 2.80. The molecule has 0 aliphatic carbocycles. The molecule has 0 saturated heterocycles. The van der Waals surface area contributed by atoms with Gasteiger partial charge in [-0.05, 0) is 24.6 Å². The van der Waals surface area contributed by atoms with Gasteiger partial charge in [-0.15, -0.1) is 0 Å². The van der Waals surface area contributed by atoms with Crippen LogP contribution in [0.2, 0.25) is 0 Å². The number of rotatable bonds is 6. The van der Waals surface area contributed by atoms with Crippen LogP contribution >= 0.6 is 0 Å². The zero-order valence-electron chi connectivity index (χ0n) is 10.1. The van der Waals surface area contributed by atoms with Gasteiger partial charge in [0.2, 0.25) is 0 Å². The molecule has 5 heteroatoms. The predicted octanol–water partition coefficient (Wildman–Crippen LogP) is 1.90. The van der Waals surface area contributed by atoms with Crippen molar-refractivity contribution in [3.05, 3.63) is 47.5 Å². The van der Waals surface area contributed by atoms with E-state index in [1.54, 1.807) is 18.3 Å². The molecular weight excluding hydrogens is 231 g/mol. The number of nitrogens with zero attached hydrogens (tertiary/aromatic N) is 1. The summed E-state index contributed by atoms with van der Waals surface area (Å²) in [4.78, 5) is 0. The van der Waals surface area contributed by atoms with Crippen molar-refractivity contribution >= 4 is 5.69 Å². The summed E-state index contributed by atoms with van der Waals surface area (Å²) in [6.07, 6.45) is 3.11. The number of nitrogens with one attached hydrogen (secondary N) is 2. The first kappa shape index (κ1) is 12.6. The maximum absolute atomic E-state index is 13.5. The largest absolute Gasteiger partial charge is 0.382 e. The first-order chi connectivity index (χ1) is 8.81. The van der Waals surface area contributed by atoms with Crippen molar-refractivity contribution in [2.75, 3.05) is 18.4 Å². The van der Waals surface area contributed by atoms with Gasteiger partial charge >= 0.3 is 0 Å². The minimum Gasteiger partial charge on any atom is -0.382 e. The van der Waals surface area contributed by atoms with E-state index in [1.807, 2.05) is 6.07 Å². The van der Waals surface area contributed by atoms with Gasteiger partial charge in [-0.1, -0.05) is 18.2 Å². The van der Waals surface area contributed by atoms with Crippen molar-refractivity contribution in [3.63, 3.8) is 0 Å². The lowest BCUT2D eigenvalue weighted by molar-refractivity contribution is 0.613. The highest BCUT2D eigenvalue weighted by atomic mass is 19.1. The van der Waals surface area contributed by atoms with E-state index in [4.69, 9.17) is 5.73 Å². The van der Waals surface area contributed by atoms with E-state index in [2.05, 4.69) is 15.5 Å². The zero-order chi connectivity index (χ0) is 12.8. The Bertz CT molecular complexity index is 495. The number of benzene rings is 1. The summed E-state index contributed by atoms with van der Waals surface area (Å²) >= 11 is 0. The third-order valence-electron chi connectivity index (χ3n) is 2.74. The Kier molecular flexibility index (Phi) is 4.30. The minimum atomic E-state index is -0.194. The van der Waals surface area contributed by atoms with Crippen LogP contribution in [0.1, 0.15) is 17.7 Å². The molecule has 0 amide bonds. The van der Waals surface area contributed by atoms with Gasteiger partial charge in [0.05, 0.1) is 17.6 Å². The molecule has 2 rings (SSSR count). The SMILES string of the molecule is NCCCNc1cn[nH]c1Cc1ccccc1F. The van der Waals surface area contributed by atoms with Gasteiger partial charge in [-0.25, -0.2) is 4.39 Å². The summed E-state index contributed by atoms with van der Waals surface area (Å²) in [6, 6.07) is 6.76. The summed E-state index contributed by atoms with van der Waals surface area (Å²) in [7, 11) is 0. The Hall–Kier alpha value is -1.88. The highest BCUT2D eigenvalue weighted by molar-refractivity contribution is 5.47. The third-order valence-corrected chi connectivity index (χ3v) is 2.74. The van der Waals surface area contributed by atoms with Gasteiger partial charge in [-0.2, -0.15) is 5.10 Å². The van der Waals surface area contributed by atoms with Crippen LogP contribution in [-0.2, 0) is 6.42 Å². The number of aromatic amines is 1. The monoisotopic (exact) mass is 248 g/mol. The number of halogens is 1. The third kappa shape index (κ3) is 3.07.